The lowest BCUT2D eigenvalue weighted by Crippen LogP contribution is -2.17. The molecule has 25 heavy (non-hydrogen) atoms. The minimum Gasteiger partial charge on any atom is -0.372 e. The van der Waals surface area contributed by atoms with E-state index in [1.165, 1.54) is 37.2 Å². The molecule has 4 rings (SSSR count). The Bertz CT molecular complexity index is 788. The predicted molar refractivity (Wildman–Crippen MR) is 100 cm³/mol. The van der Waals surface area contributed by atoms with Crippen molar-refractivity contribution in [2.24, 2.45) is 0 Å². The Morgan fingerprint density at radius 2 is 1.84 bits per heavy atom. The Hall–Kier alpha value is -2.66. The lowest BCUT2D eigenvalue weighted by Gasteiger charge is -2.17. The monoisotopic (exact) mass is 333 g/mol. The van der Waals surface area contributed by atoms with Gasteiger partial charge in [0.05, 0.1) is 11.9 Å². The largest absolute Gasteiger partial charge is 0.372 e. The van der Waals surface area contributed by atoms with Crippen molar-refractivity contribution in [1.29, 1.82) is 0 Å². The number of hydrogen-bond acceptors (Lipinski definition) is 4. The third kappa shape index (κ3) is 3.72. The summed E-state index contributed by atoms with van der Waals surface area (Å²) in [4.78, 5) is 6.64. The molecule has 128 valence electrons. The minimum absolute atomic E-state index is 0.772. The Balaban J connectivity index is 1.35. The van der Waals surface area contributed by atoms with Crippen LogP contribution in [0.25, 0.3) is 11.3 Å². The standard InChI is InChI=1S/C20H23N5/c1-2-11-25(10-1)19-7-5-16(6-8-19)12-22-14-18-15-23-24-20(18)17-4-3-9-21-13-17/h3-9,13,15,22H,1-2,10-12,14H2,(H,23,24). The van der Waals surface area contributed by atoms with Gasteiger partial charge in [-0.05, 0) is 42.7 Å². The topological polar surface area (TPSA) is 56.8 Å². The number of aromatic amines is 1. The molecule has 3 heterocycles. The van der Waals surface area contributed by atoms with Crippen LogP contribution in [0.3, 0.4) is 0 Å². The fourth-order valence-corrected chi connectivity index (χ4v) is 3.35. The Morgan fingerprint density at radius 3 is 2.60 bits per heavy atom. The number of hydrogen-bond donors (Lipinski definition) is 2. The second kappa shape index (κ2) is 7.49. The third-order valence-electron chi connectivity index (χ3n) is 4.72. The van der Waals surface area contributed by atoms with Crippen molar-refractivity contribution in [3.05, 3.63) is 66.1 Å². The van der Waals surface area contributed by atoms with Gasteiger partial charge in [0.1, 0.15) is 0 Å². The van der Waals surface area contributed by atoms with Gasteiger partial charge in [-0.1, -0.05) is 12.1 Å². The van der Waals surface area contributed by atoms with E-state index in [2.05, 4.69) is 49.7 Å². The van der Waals surface area contributed by atoms with E-state index in [-0.39, 0.29) is 0 Å². The van der Waals surface area contributed by atoms with Gasteiger partial charge in [-0.15, -0.1) is 0 Å². The Labute approximate surface area is 148 Å². The van der Waals surface area contributed by atoms with Gasteiger partial charge in [0.15, 0.2) is 0 Å². The number of rotatable bonds is 6. The fraction of sp³-hybridized carbons (Fsp3) is 0.300. The van der Waals surface area contributed by atoms with Gasteiger partial charge in [0, 0.05) is 55.4 Å². The molecule has 0 saturated carbocycles. The molecule has 0 bridgehead atoms. The van der Waals surface area contributed by atoms with Crippen molar-refractivity contribution in [3.63, 3.8) is 0 Å². The van der Waals surface area contributed by atoms with Crippen molar-refractivity contribution in [2.75, 3.05) is 18.0 Å². The van der Waals surface area contributed by atoms with Crippen LogP contribution < -0.4 is 10.2 Å². The van der Waals surface area contributed by atoms with Crippen LogP contribution in [0.1, 0.15) is 24.0 Å². The molecule has 5 heteroatoms. The van der Waals surface area contributed by atoms with Gasteiger partial charge in [-0.3, -0.25) is 10.1 Å². The molecule has 2 aromatic heterocycles. The van der Waals surface area contributed by atoms with Crippen LogP contribution in [0, 0.1) is 0 Å². The molecule has 0 radical (unpaired) electrons. The number of benzene rings is 1. The summed E-state index contributed by atoms with van der Waals surface area (Å²) in [6, 6.07) is 12.9. The lowest BCUT2D eigenvalue weighted by atomic mass is 10.1. The molecule has 5 nitrogen and oxygen atoms in total. The maximum atomic E-state index is 4.18. The molecule has 3 aromatic rings. The van der Waals surface area contributed by atoms with Crippen molar-refractivity contribution in [1.82, 2.24) is 20.5 Å². The number of nitrogens with one attached hydrogen (secondary N) is 2. The lowest BCUT2D eigenvalue weighted by molar-refractivity contribution is 0.694. The van der Waals surface area contributed by atoms with Crippen LogP contribution in [0.15, 0.2) is 55.0 Å². The molecule has 0 unspecified atom stereocenters. The molecule has 0 atom stereocenters. The van der Waals surface area contributed by atoms with E-state index < -0.39 is 0 Å². The summed E-state index contributed by atoms with van der Waals surface area (Å²) in [5.74, 6) is 0. The van der Waals surface area contributed by atoms with Gasteiger partial charge < -0.3 is 10.2 Å². The predicted octanol–water partition coefficient (Wildman–Crippen LogP) is 3.36. The maximum absolute atomic E-state index is 4.18. The normalized spacial score (nSPS) is 14.2. The number of nitrogens with zero attached hydrogens (tertiary/aromatic N) is 3. The van der Waals surface area contributed by atoms with E-state index in [0.29, 0.717) is 0 Å². The highest BCUT2D eigenvalue weighted by Crippen LogP contribution is 2.21. The van der Waals surface area contributed by atoms with Crippen LogP contribution in [-0.2, 0) is 13.1 Å². The zero-order valence-corrected chi connectivity index (χ0v) is 14.3. The first-order valence-electron chi connectivity index (χ1n) is 8.87. The van der Waals surface area contributed by atoms with E-state index in [0.717, 1.165) is 29.9 Å². The smallest absolute Gasteiger partial charge is 0.0710 e. The summed E-state index contributed by atoms with van der Waals surface area (Å²) < 4.78 is 0. The third-order valence-corrected chi connectivity index (χ3v) is 4.72. The van der Waals surface area contributed by atoms with E-state index in [1.54, 1.807) is 6.20 Å². The quantitative estimate of drug-likeness (QED) is 0.726. The molecule has 1 aromatic carbocycles. The highest BCUT2D eigenvalue weighted by atomic mass is 15.1. The summed E-state index contributed by atoms with van der Waals surface area (Å²) in [5.41, 5.74) is 5.89. The molecule has 1 aliphatic heterocycles. The Kier molecular flexibility index (Phi) is 4.74. The maximum Gasteiger partial charge on any atom is 0.0710 e. The number of pyridine rings is 1. The molecule has 1 saturated heterocycles. The first kappa shape index (κ1) is 15.8. The van der Waals surface area contributed by atoms with Gasteiger partial charge in [0.25, 0.3) is 0 Å². The highest BCUT2D eigenvalue weighted by molar-refractivity contribution is 5.61. The second-order valence-electron chi connectivity index (χ2n) is 6.48. The van der Waals surface area contributed by atoms with Crippen LogP contribution >= 0.6 is 0 Å². The minimum atomic E-state index is 0.772. The summed E-state index contributed by atoms with van der Waals surface area (Å²) in [6.45, 7) is 4.00. The Morgan fingerprint density at radius 1 is 1.00 bits per heavy atom. The van der Waals surface area contributed by atoms with Crippen molar-refractivity contribution >= 4 is 5.69 Å². The van der Waals surface area contributed by atoms with E-state index in [9.17, 15) is 0 Å². The van der Waals surface area contributed by atoms with Crippen LogP contribution in [0.4, 0.5) is 5.69 Å². The van der Waals surface area contributed by atoms with Crippen molar-refractivity contribution in [2.45, 2.75) is 25.9 Å². The highest BCUT2D eigenvalue weighted by Gasteiger charge is 2.12. The van der Waals surface area contributed by atoms with Gasteiger partial charge in [0.2, 0.25) is 0 Å². The number of H-pyrrole nitrogens is 1. The van der Waals surface area contributed by atoms with E-state index >= 15 is 0 Å². The number of anilines is 1. The zero-order chi connectivity index (χ0) is 16.9. The summed E-state index contributed by atoms with van der Waals surface area (Å²) >= 11 is 0. The molecular formula is C20H23N5. The van der Waals surface area contributed by atoms with Gasteiger partial charge in [-0.2, -0.15) is 5.10 Å². The molecule has 1 aliphatic rings. The van der Waals surface area contributed by atoms with E-state index in [4.69, 9.17) is 0 Å². The second-order valence-corrected chi connectivity index (χ2v) is 6.48. The van der Waals surface area contributed by atoms with E-state index in [1.807, 2.05) is 24.5 Å². The molecule has 0 amide bonds. The summed E-state index contributed by atoms with van der Waals surface area (Å²) in [5, 5.41) is 10.8. The molecule has 1 fully saturated rings. The van der Waals surface area contributed by atoms with Gasteiger partial charge in [-0.25, -0.2) is 0 Å². The number of aromatic nitrogens is 3. The van der Waals surface area contributed by atoms with Gasteiger partial charge >= 0.3 is 0 Å². The molecule has 2 N–H and O–H groups in total. The fourth-order valence-electron chi connectivity index (χ4n) is 3.35. The average molecular weight is 333 g/mol. The van der Waals surface area contributed by atoms with Crippen LogP contribution in [0.2, 0.25) is 0 Å². The summed E-state index contributed by atoms with van der Waals surface area (Å²) in [6.07, 6.45) is 8.14. The summed E-state index contributed by atoms with van der Waals surface area (Å²) in [7, 11) is 0. The van der Waals surface area contributed by atoms with Crippen molar-refractivity contribution in [3.8, 4) is 11.3 Å². The average Bonchev–Trinajstić information content (AvgIpc) is 3.35. The molecule has 0 aliphatic carbocycles. The zero-order valence-electron chi connectivity index (χ0n) is 14.3. The SMILES string of the molecule is c1cncc(-c2[nH]ncc2CNCc2ccc(N3CCCC3)cc2)c1. The first-order chi connectivity index (χ1) is 12.4. The van der Waals surface area contributed by atoms with Crippen LogP contribution in [0.5, 0.6) is 0 Å². The first-order valence-corrected chi connectivity index (χ1v) is 8.87. The van der Waals surface area contributed by atoms with Crippen molar-refractivity contribution < 1.29 is 0 Å². The molecular weight excluding hydrogens is 310 g/mol. The molecule has 0 spiro atoms. The van der Waals surface area contributed by atoms with Crippen LogP contribution in [-0.4, -0.2) is 28.3 Å².